The van der Waals surface area contributed by atoms with Crippen molar-refractivity contribution in [2.45, 2.75) is 149 Å². The zero-order valence-corrected chi connectivity index (χ0v) is 29.4. The third-order valence-corrected chi connectivity index (χ3v) is 8.63. The second kappa shape index (κ2) is 13.0. The molecule has 0 heterocycles. The standard InChI is InChI=1S/C37H59O3P/c1-15-16-17-18-19-26(2)37(40-41(38)39,29-22-20-27(33(3,4)5)24-31(29)35(9,10)11)30-23-21-28(34(6,7)8)25-32(30)36(12,13)14/h20-25,38-39H,2,15-19H2,1,3-14H3. The summed E-state index contributed by atoms with van der Waals surface area (Å²) in [7, 11) is -2.71. The van der Waals surface area contributed by atoms with Gasteiger partial charge in [0.25, 0.3) is 0 Å². The largest absolute Gasteiger partial charge is 0.328 e. The van der Waals surface area contributed by atoms with Crippen molar-refractivity contribution in [1.82, 2.24) is 0 Å². The Labute approximate surface area is 253 Å². The van der Waals surface area contributed by atoms with Crippen LogP contribution in [0.25, 0.3) is 0 Å². The number of hydrogen-bond donors (Lipinski definition) is 2. The van der Waals surface area contributed by atoms with Crippen LogP contribution in [0.4, 0.5) is 0 Å². The summed E-state index contributed by atoms with van der Waals surface area (Å²) in [5.74, 6) is 0. The third kappa shape index (κ3) is 8.54. The summed E-state index contributed by atoms with van der Waals surface area (Å²) in [6, 6.07) is 13.3. The normalized spacial score (nSPS) is 13.7. The molecule has 0 radical (unpaired) electrons. The van der Waals surface area contributed by atoms with E-state index < -0.39 is 14.2 Å². The minimum atomic E-state index is -2.71. The van der Waals surface area contributed by atoms with E-state index in [0.29, 0.717) is 0 Å². The van der Waals surface area contributed by atoms with Crippen LogP contribution >= 0.6 is 8.60 Å². The lowest BCUT2D eigenvalue weighted by atomic mass is 9.67. The molecule has 0 unspecified atom stereocenters. The van der Waals surface area contributed by atoms with Crippen molar-refractivity contribution in [3.63, 3.8) is 0 Å². The molecule has 2 N–H and O–H groups in total. The Morgan fingerprint density at radius 1 is 0.634 bits per heavy atom. The van der Waals surface area contributed by atoms with E-state index in [-0.39, 0.29) is 21.7 Å². The van der Waals surface area contributed by atoms with Gasteiger partial charge in [-0.2, -0.15) is 0 Å². The molecule has 0 aliphatic heterocycles. The topological polar surface area (TPSA) is 49.7 Å². The van der Waals surface area contributed by atoms with E-state index in [1.165, 1.54) is 11.1 Å². The van der Waals surface area contributed by atoms with Crippen molar-refractivity contribution in [3.05, 3.63) is 81.9 Å². The number of hydrogen-bond acceptors (Lipinski definition) is 3. The van der Waals surface area contributed by atoms with Gasteiger partial charge >= 0.3 is 8.60 Å². The van der Waals surface area contributed by atoms with Gasteiger partial charge in [0, 0.05) is 0 Å². The molecular weight excluding hydrogens is 523 g/mol. The van der Waals surface area contributed by atoms with Crippen LogP contribution in [0.15, 0.2) is 48.6 Å². The molecule has 2 aromatic carbocycles. The van der Waals surface area contributed by atoms with E-state index >= 15 is 0 Å². The molecule has 0 bridgehead atoms. The average Bonchev–Trinajstić information content (AvgIpc) is 2.82. The molecule has 230 valence electrons. The van der Waals surface area contributed by atoms with Crippen LogP contribution in [0.3, 0.4) is 0 Å². The van der Waals surface area contributed by atoms with Gasteiger partial charge in [0.05, 0.1) is 0 Å². The van der Waals surface area contributed by atoms with E-state index in [2.05, 4.69) is 133 Å². The van der Waals surface area contributed by atoms with E-state index in [4.69, 9.17) is 4.52 Å². The molecular formula is C37H59O3P. The molecule has 0 fully saturated rings. The number of rotatable bonds is 10. The van der Waals surface area contributed by atoms with Gasteiger partial charge in [0.15, 0.2) is 0 Å². The fourth-order valence-electron chi connectivity index (χ4n) is 5.63. The van der Waals surface area contributed by atoms with Gasteiger partial charge < -0.3 is 9.79 Å². The maximum absolute atomic E-state index is 10.7. The molecule has 41 heavy (non-hydrogen) atoms. The Hall–Kier alpha value is -1.51. The molecule has 4 heteroatoms. The molecule has 0 saturated heterocycles. The van der Waals surface area contributed by atoms with Crippen LogP contribution in [0.1, 0.15) is 155 Å². The molecule has 0 aliphatic carbocycles. The van der Waals surface area contributed by atoms with Crippen molar-refractivity contribution in [2.75, 3.05) is 0 Å². The monoisotopic (exact) mass is 582 g/mol. The van der Waals surface area contributed by atoms with Crippen LogP contribution in [0.2, 0.25) is 0 Å². The Balaban J connectivity index is 3.15. The predicted molar refractivity (Wildman–Crippen MR) is 179 cm³/mol. The highest BCUT2D eigenvalue weighted by molar-refractivity contribution is 7.39. The van der Waals surface area contributed by atoms with Gasteiger partial charge in [0.2, 0.25) is 0 Å². The Morgan fingerprint density at radius 2 is 1.05 bits per heavy atom. The van der Waals surface area contributed by atoms with Crippen molar-refractivity contribution < 1.29 is 14.3 Å². The average molecular weight is 583 g/mol. The highest BCUT2D eigenvalue weighted by Crippen LogP contribution is 2.54. The van der Waals surface area contributed by atoms with Crippen molar-refractivity contribution >= 4 is 8.60 Å². The first kappa shape index (κ1) is 35.7. The minimum Gasteiger partial charge on any atom is -0.328 e. The van der Waals surface area contributed by atoms with Crippen LogP contribution in [-0.2, 0) is 31.8 Å². The molecule has 0 aliphatic rings. The first-order valence-electron chi connectivity index (χ1n) is 15.4. The summed E-state index contributed by atoms with van der Waals surface area (Å²) < 4.78 is 6.53. The highest BCUT2D eigenvalue weighted by Gasteiger charge is 2.46. The van der Waals surface area contributed by atoms with Crippen molar-refractivity contribution in [1.29, 1.82) is 0 Å². The van der Waals surface area contributed by atoms with E-state index in [1.807, 2.05) is 0 Å². The predicted octanol–water partition coefficient (Wildman–Crippen LogP) is 10.9. The summed E-state index contributed by atoms with van der Waals surface area (Å²) in [4.78, 5) is 21.4. The van der Waals surface area contributed by atoms with E-state index in [1.54, 1.807) is 0 Å². The lowest BCUT2D eigenvalue weighted by Gasteiger charge is -2.43. The third-order valence-electron chi connectivity index (χ3n) is 8.19. The van der Waals surface area contributed by atoms with Gasteiger partial charge in [-0.3, -0.25) is 4.52 Å². The number of benzene rings is 2. The van der Waals surface area contributed by atoms with Crippen LogP contribution in [0, 0.1) is 0 Å². The summed E-state index contributed by atoms with van der Waals surface area (Å²) >= 11 is 0. The number of unbranched alkanes of at least 4 members (excludes halogenated alkanes) is 3. The Morgan fingerprint density at radius 3 is 1.37 bits per heavy atom. The van der Waals surface area contributed by atoms with Crippen molar-refractivity contribution in [2.24, 2.45) is 0 Å². The molecule has 0 saturated carbocycles. The maximum atomic E-state index is 10.7. The summed E-state index contributed by atoms with van der Waals surface area (Å²) in [5, 5.41) is 0. The second-order valence-electron chi connectivity index (χ2n) is 16.0. The molecule has 0 spiro atoms. The molecule has 0 atom stereocenters. The summed E-state index contributed by atoms with van der Waals surface area (Å²) in [5.41, 5.74) is 5.76. The Kier molecular flexibility index (Phi) is 11.3. The molecule has 0 amide bonds. The van der Waals surface area contributed by atoms with Crippen LogP contribution in [-0.4, -0.2) is 9.79 Å². The SMILES string of the molecule is C=C(CCCCCC)C(OP(O)O)(c1ccc(C(C)(C)C)cc1C(C)(C)C)c1ccc(C(C)(C)C)cc1C(C)(C)C. The van der Waals surface area contributed by atoms with E-state index in [0.717, 1.165) is 59.9 Å². The highest BCUT2D eigenvalue weighted by atomic mass is 31.2. The molecule has 2 rings (SSSR count). The molecule has 2 aromatic rings. The fraction of sp³-hybridized carbons (Fsp3) is 0.622. The summed E-state index contributed by atoms with van der Waals surface area (Å²) in [6.07, 6.45) is 5.12. The fourth-order valence-corrected chi connectivity index (χ4v) is 6.20. The van der Waals surface area contributed by atoms with Gasteiger partial charge in [0.1, 0.15) is 5.60 Å². The lowest BCUT2D eigenvalue weighted by molar-refractivity contribution is 0.118. The first-order chi connectivity index (χ1) is 18.6. The van der Waals surface area contributed by atoms with Gasteiger partial charge in [-0.15, -0.1) is 0 Å². The van der Waals surface area contributed by atoms with Gasteiger partial charge in [-0.1, -0.05) is 152 Å². The van der Waals surface area contributed by atoms with Crippen molar-refractivity contribution in [3.8, 4) is 0 Å². The summed E-state index contributed by atoms with van der Waals surface area (Å²) in [6.45, 7) is 33.6. The quantitative estimate of drug-likeness (QED) is 0.166. The lowest BCUT2D eigenvalue weighted by Crippen LogP contribution is -2.38. The second-order valence-corrected chi connectivity index (χ2v) is 16.6. The van der Waals surface area contributed by atoms with Gasteiger partial charge in [-0.05, 0) is 73.5 Å². The van der Waals surface area contributed by atoms with Crippen LogP contribution in [0.5, 0.6) is 0 Å². The minimum absolute atomic E-state index is 0.0370. The van der Waals surface area contributed by atoms with Crippen LogP contribution < -0.4 is 0 Å². The van der Waals surface area contributed by atoms with E-state index in [9.17, 15) is 9.79 Å². The molecule has 3 nitrogen and oxygen atoms in total. The maximum Gasteiger partial charge on any atom is 0.328 e. The Bertz CT molecular complexity index is 1110. The smallest absolute Gasteiger partial charge is 0.328 e. The zero-order valence-electron chi connectivity index (χ0n) is 28.5. The molecule has 0 aromatic heterocycles. The first-order valence-corrected chi connectivity index (χ1v) is 16.6. The zero-order chi connectivity index (χ0) is 31.6. The van der Waals surface area contributed by atoms with Gasteiger partial charge in [-0.25, -0.2) is 0 Å².